The number of anilines is 2. The number of hydrogen-bond donors (Lipinski definition) is 2. The van der Waals surface area contributed by atoms with Crippen LogP contribution >= 0.6 is 0 Å². The first kappa shape index (κ1) is 23.2. The van der Waals surface area contributed by atoms with E-state index < -0.39 is 6.10 Å². The Balaban J connectivity index is 1.62. The van der Waals surface area contributed by atoms with E-state index in [1.54, 1.807) is 31.1 Å². The molecule has 1 unspecified atom stereocenters. The van der Waals surface area contributed by atoms with Crippen molar-refractivity contribution in [3.8, 4) is 29.7 Å². The van der Waals surface area contributed by atoms with Crippen LogP contribution in [-0.4, -0.2) is 41.1 Å². The number of rotatable bonds is 6. The van der Waals surface area contributed by atoms with E-state index in [9.17, 15) is 5.11 Å². The highest BCUT2D eigenvalue weighted by Crippen LogP contribution is 2.34. The predicted molar refractivity (Wildman–Crippen MR) is 139 cm³/mol. The van der Waals surface area contributed by atoms with E-state index in [-0.39, 0.29) is 0 Å². The zero-order chi connectivity index (χ0) is 25.6. The largest absolute Gasteiger partial charge is 0.494 e. The highest BCUT2D eigenvalue weighted by molar-refractivity contribution is 5.86. The fourth-order valence-electron chi connectivity index (χ4n) is 4.20. The Kier molecular flexibility index (Phi) is 5.74. The number of ether oxygens (including phenoxy) is 1. The van der Waals surface area contributed by atoms with Crippen LogP contribution in [0.25, 0.3) is 22.7 Å². The van der Waals surface area contributed by atoms with Crippen molar-refractivity contribution >= 4 is 22.5 Å². The second-order valence-corrected chi connectivity index (χ2v) is 8.69. The first-order valence-electron chi connectivity index (χ1n) is 11.5. The monoisotopic (exact) mass is 481 g/mol. The van der Waals surface area contributed by atoms with Gasteiger partial charge in [-0.05, 0) is 63.1 Å². The number of aromatic nitrogens is 6. The molecule has 0 saturated heterocycles. The maximum atomic E-state index is 10.4. The van der Waals surface area contributed by atoms with Crippen molar-refractivity contribution in [1.29, 1.82) is 0 Å². The van der Waals surface area contributed by atoms with Crippen LogP contribution in [0.4, 0.5) is 11.5 Å². The smallest absolute Gasteiger partial charge is 0.161 e. The molecular formula is C27H27N7O2. The van der Waals surface area contributed by atoms with Gasteiger partial charge in [0.15, 0.2) is 5.82 Å². The maximum Gasteiger partial charge on any atom is 0.161 e. The van der Waals surface area contributed by atoms with E-state index in [1.807, 2.05) is 48.9 Å². The Labute approximate surface area is 209 Å². The van der Waals surface area contributed by atoms with Gasteiger partial charge in [-0.15, -0.1) is 6.42 Å². The van der Waals surface area contributed by atoms with Gasteiger partial charge in [-0.3, -0.25) is 4.57 Å². The van der Waals surface area contributed by atoms with Gasteiger partial charge < -0.3 is 19.7 Å². The number of nitrogens with one attached hydrogen (secondary N) is 1. The van der Waals surface area contributed by atoms with Gasteiger partial charge in [0.25, 0.3) is 0 Å². The number of benzene rings is 1. The molecule has 1 aromatic carbocycles. The van der Waals surface area contributed by atoms with E-state index in [4.69, 9.17) is 16.1 Å². The summed E-state index contributed by atoms with van der Waals surface area (Å²) in [4.78, 5) is 9.48. The summed E-state index contributed by atoms with van der Waals surface area (Å²) in [5.41, 5.74) is 5.51. The number of fused-ring (bicyclic) bond motifs is 1. The van der Waals surface area contributed by atoms with Crippen molar-refractivity contribution < 1.29 is 9.84 Å². The molecule has 36 heavy (non-hydrogen) atoms. The minimum atomic E-state index is -0.742. The van der Waals surface area contributed by atoms with Crippen LogP contribution in [0.1, 0.15) is 35.7 Å². The van der Waals surface area contributed by atoms with Crippen molar-refractivity contribution in [3.63, 3.8) is 0 Å². The summed E-state index contributed by atoms with van der Waals surface area (Å²) in [6.45, 7) is 5.64. The summed E-state index contributed by atoms with van der Waals surface area (Å²) in [5, 5.41) is 18.3. The van der Waals surface area contributed by atoms with Crippen LogP contribution in [0, 0.1) is 26.2 Å². The summed E-state index contributed by atoms with van der Waals surface area (Å²) < 4.78 is 11.3. The third-order valence-electron chi connectivity index (χ3n) is 6.33. The van der Waals surface area contributed by atoms with Crippen molar-refractivity contribution in [1.82, 2.24) is 28.9 Å². The van der Waals surface area contributed by atoms with Gasteiger partial charge in [-0.25, -0.2) is 14.6 Å². The van der Waals surface area contributed by atoms with Crippen molar-refractivity contribution in [3.05, 3.63) is 71.4 Å². The lowest BCUT2D eigenvalue weighted by Gasteiger charge is -2.15. The molecule has 0 amide bonds. The van der Waals surface area contributed by atoms with Gasteiger partial charge in [-0.1, -0.05) is 0 Å². The molecule has 9 nitrogen and oxygen atoms in total. The third kappa shape index (κ3) is 3.87. The summed E-state index contributed by atoms with van der Waals surface area (Å²) in [6.07, 6.45) is 6.53. The van der Waals surface area contributed by atoms with E-state index in [2.05, 4.69) is 38.9 Å². The highest BCUT2D eigenvalue weighted by atomic mass is 16.5. The standard InChI is InChI=1S/C27H27N7O2/c1-7-19-12-17(3)34(31-19)27-20(18(4)35)9-11-26(30-27)33-15-28-21-13-22(24(36-6)14-23(21)33)29-25-10-8-16(2)32(25)5/h1,8-15,18,29,35H,2-6H3. The lowest BCUT2D eigenvalue weighted by molar-refractivity contribution is 0.198. The molecule has 0 fully saturated rings. The second-order valence-electron chi connectivity index (χ2n) is 8.69. The molecule has 0 aliphatic heterocycles. The molecule has 0 spiro atoms. The Bertz CT molecular complexity index is 1630. The first-order chi connectivity index (χ1) is 17.3. The number of pyridine rings is 1. The lowest BCUT2D eigenvalue weighted by Crippen LogP contribution is -2.11. The van der Waals surface area contributed by atoms with Crippen molar-refractivity contribution in [2.75, 3.05) is 12.4 Å². The quantitative estimate of drug-likeness (QED) is 0.350. The fourth-order valence-corrected chi connectivity index (χ4v) is 4.20. The SMILES string of the molecule is C#Cc1cc(C)n(-c2nc(-n3cnc4cc(Nc5ccc(C)n5C)c(OC)cc43)ccc2C(C)O)n1. The lowest BCUT2D eigenvalue weighted by atomic mass is 10.1. The fraction of sp³-hybridized carbons (Fsp3) is 0.222. The predicted octanol–water partition coefficient (Wildman–Crippen LogP) is 4.35. The van der Waals surface area contributed by atoms with Gasteiger partial charge in [-0.2, -0.15) is 5.10 Å². The van der Waals surface area contributed by atoms with Gasteiger partial charge in [0.2, 0.25) is 0 Å². The van der Waals surface area contributed by atoms with Crippen molar-refractivity contribution in [2.45, 2.75) is 26.9 Å². The van der Waals surface area contributed by atoms with Crippen LogP contribution < -0.4 is 10.1 Å². The normalized spacial score (nSPS) is 12.0. The third-order valence-corrected chi connectivity index (χ3v) is 6.33. The van der Waals surface area contributed by atoms with Crippen LogP contribution in [-0.2, 0) is 7.05 Å². The average molecular weight is 482 g/mol. The summed E-state index contributed by atoms with van der Waals surface area (Å²) >= 11 is 0. The number of aryl methyl sites for hydroxylation is 2. The zero-order valence-corrected chi connectivity index (χ0v) is 20.8. The Morgan fingerprint density at radius 1 is 1.11 bits per heavy atom. The molecule has 0 aliphatic carbocycles. The van der Waals surface area contributed by atoms with E-state index >= 15 is 0 Å². The Morgan fingerprint density at radius 2 is 1.92 bits per heavy atom. The number of hydrogen-bond acceptors (Lipinski definition) is 6. The summed E-state index contributed by atoms with van der Waals surface area (Å²) in [7, 11) is 3.64. The summed E-state index contributed by atoms with van der Waals surface area (Å²) in [5.74, 6) is 5.30. The molecule has 182 valence electrons. The Morgan fingerprint density at radius 3 is 2.56 bits per heavy atom. The molecule has 4 heterocycles. The molecule has 9 heteroatoms. The van der Waals surface area contributed by atoms with E-state index in [0.29, 0.717) is 28.6 Å². The molecule has 2 N–H and O–H groups in total. The van der Waals surface area contributed by atoms with Crippen LogP contribution in [0.15, 0.2) is 48.8 Å². The number of terminal acetylenes is 1. The molecule has 1 atom stereocenters. The maximum absolute atomic E-state index is 10.4. The van der Waals surface area contributed by atoms with Crippen LogP contribution in [0.3, 0.4) is 0 Å². The van der Waals surface area contributed by atoms with Gasteiger partial charge >= 0.3 is 0 Å². The first-order valence-corrected chi connectivity index (χ1v) is 11.5. The molecule has 5 rings (SSSR count). The molecule has 5 aromatic rings. The molecular weight excluding hydrogens is 454 g/mol. The van der Waals surface area contributed by atoms with Gasteiger partial charge in [0, 0.05) is 30.1 Å². The van der Waals surface area contributed by atoms with Crippen LogP contribution in [0.5, 0.6) is 5.75 Å². The number of methoxy groups -OCH3 is 1. The van der Waals surface area contributed by atoms with Gasteiger partial charge in [0.05, 0.1) is 29.9 Å². The summed E-state index contributed by atoms with van der Waals surface area (Å²) in [6, 6.07) is 13.5. The Hall–Kier alpha value is -4.55. The zero-order valence-electron chi connectivity index (χ0n) is 20.8. The number of nitrogens with zero attached hydrogens (tertiary/aromatic N) is 6. The minimum absolute atomic E-state index is 0.502. The van der Waals surface area contributed by atoms with E-state index in [0.717, 1.165) is 33.9 Å². The van der Waals surface area contributed by atoms with Crippen molar-refractivity contribution in [2.24, 2.45) is 7.05 Å². The number of aliphatic hydroxyl groups excluding tert-OH is 1. The molecule has 0 aliphatic rings. The molecule has 4 aromatic heterocycles. The minimum Gasteiger partial charge on any atom is -0.494 e. The number of imidazole rings is 1. The van der Waals surface area contributed by atoms with Crippen LogP contribution in [0.2, 0.25) is 0 Å². The molecule has 0 bridgehead atoms. The average Bonchev–Trinajstić information content (AvgIpc) is 3.55. The number of aliphatic hydroxyl groups is 1. The highest BCUT2D eigenvalue weighted by Gasteiger charge is 2.18. The van der Waals surface area contributed by atoms with Gasteiger partial charge in [0.1, 0.15) is 29.4 Å². The molecule has 0 radical (unpaired) electrons. The second kappa shape index (κ2) is 8.91. The topological polar surface area (TPSA) is 95.0 Å². The molecule has 0 saturated carbocycles. The van der Waals surface area contributed by atoms with E-state index in [1.165, 1.54) is 0 Å².